The van der Waals surface area contributed by atoms with Crippen LogP contribution in [0.15, 0.2) is 17.4 Å². The third kappa shape index (κ3) is 1.24. The van der Waals surface area contributed by atoms with E-state index in [4.69, 9.17) is 5.11 Å². The first-order valence-corrected chi connectivity index (χ1v) is 2.90. The average molecular weight is 156 g/mol. The van der Waals surface area contributed by atoms with Crippen molar-refractivity contribution in [3.8, 4) is 0 Å². The summed E-state index contributed by atoms with van der Waals surface area (Å²) in [7, 11) is 0. The number of aromatic nitrogens is 2. The fraction of sp³-hybridized carbons (Fsp3) is 0. The van der Waals surface area contributed by atoms with Gasteiger partial charge in [0.1, 0.15) is 5.03 Å². The van der Waals surface area contributed by atoms with Crippen LogP contribution in [-0.2, 0) is 0 Å². The predicted octanol–water partition coefficient (Wildman–Crippen LogP) is 0.463. The van der Waals surface area contributed by atoms with Gasteiger partial charge in [0.05, 0.1) is 0 Å². The lowest BCUT2D eigenvalue weighted by Crippen LogP contribution is -2.02. The second-order valence-electron chi connectivity index (χ2n) is 1.53. The number of hydrogen-bond acceptors (Lipinski definition) is 4. The zero-order chi connectivity index (χ0) is 7.56. The van der Waals surface area contributed by atoms with Gasteiger partial charge in [-0.05, 0) is 0 Å². The Bertz CT molecular complexity index is 264. The molecule has 0 saturated carbocycles. The Morgan fingerprint density at radius 1 is 1.50 bits per heavy atom. The van der Waals surface area contributed by atoms with Gasteiger partial charge in [-0.2, -0.15) is 0 Å². The van der Waals surface area contributed by atoms with Crippen LogP contribution in [-0.4, -0.2) is 21.0 Å². The lowest BCUT2D eigenvalue weighted by atomic mass is 10.5. The molecule has 0 aromatic carbocycles. The molecular formula is C5H4N2O2S. The van der Waals surface area contributed by atoms with E-state index in [0.717, 1.165) is 0 Å². The smallest absolute Gasteiger partial charge is 0.357 e. The Kier molecular flexibility index (Phi) is 1.86. The van der Waals surface area contributed by atoms with Crippen molar-refractivity contribution in [2.75, 3.05) is 0 Å². The Balaban J connectivity index is 3.15. The van der Waals surface area contributed by atoms with Crippen LogP contribution in [0.5, 0.6) is 0 Å². The standard InChI is InChI=1S/C5H4N2O2S/c8-5(9)3-4(10)7-2-1-6-3/h1-2H,(H,7,10)(H,8,9). The van der Waals surface area contributed by atoms with Gasteiger partial charge in [0.25, 0.3) is 0 Å². The van der Waals surface area contributed by atoms with E-state index < -0.39 is 5.97 Å². The fourth-order valence-corrected chi connectivity index (χ4v) is 0.702. The highest BCUT2D eigenvalue weighted by molar-refractivity contribution is 7.80. The number of carboxylic acids is 1. The Labute approximate surface area is 62.3 Å². The molecule has 4 nitrogen and oxygen atoms in total. The van der Waals surface area contributed by atoms with Gasteiger partial charge in [-0.3, -0.25) is 0 Å². The summed E-state index contributed by atoms with van der Waals surface area (Å²) in [6, 6.07) is 0. The summed E-state index contributed by atoms with van der Waals surface area (Å²) in [5, 5.41) is 8.55. The number of hydrogen-bond donors (Lipinski definition) is 2. The number of carboxylic acid groups (broad SMARTS) is 1. The van der Waals surface area contributed by atoms with Gasteiger partial charge < -0.3 is 5.11 Å². The van der Waals surface area contributed by atoms with E-state index in [9.17, 15) is 4.79 Å². The maximum Gasteiger partial charge on any atom is 0.357 e. The molecule has 0 bridgehead atoms. The lowest BCUT2D eigenvalue weighted by Gasteiger charge is -1.93. The van der Waals surface area contributed by atoms with Gasteiger partial charge in [-0.1, -0.05) is 0 Å². The summed E-state index contributed by atoms with van der Waals surface area (Å²) in [5.41, 5.74) is -0.120. The van der Waals surface area contributed by atoms with Crippen LogP contribution < -0.4 is 0 Å². The zero-order valence-electron chi connectivity index (χ0n) is 4.85. The van der Waals surface area contributed by atoms with Crippen LogP contribution in [0.3, 0.4) is 0 Å². The molecule has 10 heavy (non-hydrogen) atoms. The summed E-state index contributed by atoms with van der Waals surface area (Å²) in [6.07, 6.45) is 2.69. The van der Waals surface area contributed by atoms with Gasteiger partial charge in [0.15, 0.2) is 5.69 Å². The number of thiol groups is 1. The van der Waals surface area contributed by atoms with Crippen LogP contribution in [0.1, 0.15) is 10.5 Å². The van der Waals surface area contributed by atoms with Crippen LogP contribution in [0.25, 0.3) is 0 Å². The fourth-order valence-electron chi connectivity index (χ4n) is 0.482. The average Bonchev–Trinajstić information content (AvgIpc) is 1.88. The van der Waals surface area contributed by atoms with Crippen molar-refractivity contribution in [2.24, 2.45) is 0 Å². The summed E-state index contributed by atoms with van der Waals surface area (Å²) in [4.78, 5) is 17.4. The minimum Gasteiger partial charge on any atom is -0.476 e. The first-order valence-electron chi connectivity index (χ1n) is 2.45. The molecule has 1 N–H and O–H groups in total. The van der Waals surface area contributed by atoms with Crippen molar-refractivity contribution in [3.63, 3.8) is 0 Å². The van der Waals surface area contributed by atoms with Gasteiger partial charge in [-0.15, -0.1) is 12.6 Å². The van der Waals surface area contributed by atoms with Gasteiger partial charge in [0, 0.05) is 12.4 Å². The molecule has 0 aliphatic heterocycles. The highest BCUT2D eigenvalue weighted by Crippen LogP contribution is 2.04. The molecule has 1 aromatic heterocycles. The molecule has 0 amide bonds. The normalized spacial score (nSPS) is 9.30. The molecule has 0 unspecified atom stereocenters. The predicted molar refractivity (Wildman–Crippen MR) is 36.2 cm³/mol. The first kappa shape index (κ1) is 7.01. The minimum absolute atomic E-state index is 0.120. The van der Waals surface area contributed by atoms with Gasteiger partial charge in [0.2, 0.25) is 0 Å². The second kappa shape index (κ2) is 2.66. The molecule has 0 fully saturated rings. The number of nitrogens with zero attached hydrogens (tertiary/aromatic N) is 2. The van der Waals surface area contributed by atoms with Gasteiger partial charge >= 0.3 is 5.97 Å². The van der Waals surface area contributed by atoms with Crippen molar-refractivity contribution in [1.29, 1.82) is 0 Å². The molecule has 5 heteroatoms. The highest BCUT2D eigenvalue weighted by atomic mass is 32.1. The molecule has 0 saturated heterocycles. The van der Waals surface area contributed by atoms with Crippen LogP contribution >= 0.6 is 12.6 Å². The van der Waals surface area contributed by atoms with Crippen LogP contribution in [0.4, 0.5) is 0 Å². The second-order valence-corrected chi connectivity index (χ2v) is 1.96. The van der Waals surface area contributed by atoms with Gasteiger partial charge in [-0.25, -0.2) is 14.8 Å². The SMILES string of the molecule is O=C(O)c1nccnc1S. The molecule has 0 radical (unpaired) electrons. The van der Waals surface area contributed by atoms with E-state index in [0.29, 0.717) is 0 Å². The van der Waals surface area contributed by atoms with Crippen LogP contribution in [0, 0.1) is 0 Å². The minimum atomic E-state index is -1.11. The molecule has 0 spiro atoms. The Morgan fingerprint density at radius 3 is 2.50 bits per heavy atom. The Morgan fingerprint density at radius 2 is 2.10 bits per heavy atom. The maximum atomic E-state index is 10.3. The van der Waals surface area contributed by atoms with E-state index in [1.165, 1.54) is 12.4 Å². The third-order valence-electron chi connectivity index (χ3n) is 0.882. The van der Waals surface area contributed by atoms with Crippen molar-refractivity contribution < 1.29 is 9.90 Å². The zero-order valence-corrected chi connectivity index (χ0v) is 5.75. The van der Waals surface area contributed by atoms with Crippen LogP contribution in [0.2, 0.25) is 0 Å². The molecule has 1 heterocycles. The summed E-state index contributed by atoms with van der Waals surface area (Å²) < 4.78 is 0. The van der Waals surface area contributed by atoms with E-state index in [-0.39, 0.29) is 10.7 Å². The third-order valence-corrected chi connectivity index (χ3v) is 1.21. The largest absolute Gasteiger partial charge is 0.476 e. The maximum absolute atomic E-state index is 10.3. The molecule has 52 valence electrons. The van der Waals surface area contributed by atoms with E-state index >= 15 is 0 Å². The molecule has 0 atom stereocenters. The van der Waals surface area contributed by atoms with E-state index in [1.54, 1.807) is 0 Å². The summed E-state index contributed by atoms with van der Waals surface area (Å²) in [6.45, 7) is 0. The molecule has 0 aliphatic carbocycles. The lowest BCUT2D eigenvalue weighted by molar-refractivity contribution is 0.0685. The molecule has 0 aliphatic rings. The van der Waals surface area contributed by atoms with Crippen molar-refractivity contribution in [1.82, 2.24) is 9.97 Å². The monoisotopic (exact) mass is 156 g/mol. The van der Waals surface area contributed by atoms with Crippen molar-refractivity contribution >= 4 is 18.6 Å². The number of carbonyl (C=O) groups is 1. The van der Waals surface area contributed by atoms with Crippen molar-refractivity contribution in [2.45, 2.75) is 5.03 Å². The van der Waals surface area contributed by atoms with Crippen molar-refractivity contribution in [3.05, 3.63) is 18.1 Å². The van der Waals surface area contributed by atoms with E-state index in [2.05, 4.69) is 22.6 Å². The molecule has 1 aromatic rings. The summed E-state index contributed by atoms with van der Waals surface area (Å²) >= 11 is 3.78. The summed E-state index contributed by atoms with van der Waals surface area (Å²) in [5.74, 6) is -1.11. The quantitative estimate of drug-likeness (QED) is 0.580. The molecular weight excluding hydrogens is 152 g/mol. The molecule has 1 rings (SSSR count). The highest BCUT2D eigenvalue weighted by Gasteiger charge is 2.07. The number of aromatic carboxylic acids is 1. The first-order chi connectivity index (χ1) is 4.72. The van der Waals surface area contributed by atoms with E-state index in [1.807, 2.05) is 0 Å². The topological polar surface area (TPSA) is 63.1 Å². The Hall–Kier alpha value is -1.10. The number of rotatable bonds is 1.